The van der Waals surface area contributed by atoms with Gasteiger partial charge in [0.25, 0.3) is 0 Å². The van der Waals surface area contributed by atoms with Gasteiger partial charge >= 0.3 is 0 Å². The number of pyridine rings is 1. The highest BCUT2D eigenvalue weighted by Crippen LogP contribution is 2.27. The first-order valence-electron chi connectivity index (χ1n) is 11.4. The lowest BCUT2D eigenvalue weighted by molar-refractivity contribution is 0.153. The van der Waals surface area contributed by atoms with Crippen LogP contribution >= 0.6 is 0 Å². The topological polar surface area (TPSA) is 124 Å². The second-order valence-corrected chi connectivity index (χ2v) is 7.85. The summed E-state index contributed by atoms with van der Waals surface area (Å²) in [6.45, 7) is 4.84. The first-order chi connectivity index (χ1) is 15.5. The molecule has 0 radical (unpaired) electrons. The smallest absolute Gasteiger partial charge is 0.226 e. The number of ether oxygens (including phenoxy) is 2. The lowest BCUT2D eigenvalue weighted by atomic mass is 9.98. The molecule has 3 rings (SSSR count). The molecule has 0 unspecified atom stereocenters. The van der Waals surface area contributed by atoms with Crippen LogP contribution in [-0.2, 0) is 6.42 Å². The van der Waals surface area contributed by atoms with Crippen LogP contribution in [-0.4, -0.2) is 46.3 Å². The second-order valence-electron chi connectivity index (χ2n) is 7.85. The van der Waals surface area contributed by atoms with E-state index in [4.69, 9.17) is 26.0 Å². The van der Waals surface area contributed by atoms with Gasteiger partial charge in [0.1, 0.15) is 5.75 Å². The zero-order valence-electron chi connectivity index (χ0n) is 19.3. The maximum absolute atomic E-state index is 6.49. The molecule has 0 amide bonds. The predicted octanol–water partition coefficient (Wildman–Crippen LogP) is 3.09. The molecule has 2 heterocycles. The molecule has 0 saturated heterocycles. The van der Waals surface area contributed by atoms with Crippen molar-refractivity contribution in [3.8, 4) is 11.6 Å². The van der Waals surface area contributed by atoms with E-state index < -0.39 is 0 Å². The number of hydrogen-bond acceptors (Lipinski definition) is 9. The first-order valence-corrected chi connectivity index (χ1v) is 11.4. The third-order valence-corrected chi connectivity index (χ3v) is 5.46. The lowest BCUT2D eigenvalue weighted by Gasteiger charge is -2.24. The summed E-state index contributed by atoms with van der Waals surface area (Å²) in [5.74, 6) is 7.86. The van der Waals surface area contributed by atoms with Crippen molar-refractivity contribution in [3.63, 3.8) is 0 Å². The van der Waals surface area contributed by atoms with Crippen molar-refractivity contribution in [2.75, 3.05) is 25.5 Å². The van der Waals surface area contributed by atoms with Crippen molar-refractivity contribution in [1.82, 2.24) is 20.0 Å². The van der Waals surface area contributed by atoms with Crippen LogP contribution in [0.5, 0.6) is 11.6 Å². The van der Waals surface area contributed by atoms with E-state index in [0.717, 1.165) is 30.7 Å². The molecule has 32 heavy (non-hydrogen) atoms. The van der Waals surface area contributed by atoms with E-state index in [0.29, 0.717) is 42.1 Å². The molecule has 2 aromatic heterocycles. The fourth-order valence-electron chi connectivity index (χ4n) is 3.74. The van der Waals surface area contributed by atoms with Crippen molar-refractivity contribution in [2.45, 2.75) is 58.5 Å². The van der Waals surface area contributed by atoms with E-state index in [-0.39, 0.29) is 6.10 Å². The number of nitrogens with two attached hydrogens (primary N) is 2. The quantitative estimate of drug-likeness (QED) is 0.377. The highest BCUT2D eigenvalue weighted by molar-refractivity contribution is 5.64. The summed E-state index contributed by atoms with van der Waals surface area (Å²) in [6, 6.07) is 5.57. The Hall–Kier alpha value is -3.07. The SMILES string of the molecule is CCOc1ccnc(NC/C(=C(/N)c2ccc(OC3CCCCC3)c(CC)n2)N(C)N)n1. The highest BCUT2D eigenvalue weighted by atomic mass is 16.5. The van der Waals surface area contributed by atoms with E-state index in [1.165, 1.54) is 24.3 Å². The minimum atomic E-state index is 0.275. The second kappa shape index (κ2) is 11.5. The average molecular weight is 442 g/mol. The van der Waals surface area contributed by atoms with Crippen molar-refractivity contribution in [1.29, 1.82) is 0 Å². The lowest BCUT2D eigenvalue weighted by Crippen LogP contribution is -2.32. The molecular weight excluding hydrogens is 406 g/mol. The first kappa shape index (κ1) is 23.6. The molecule has 174 valence electrons. The normalized spacial score (nSPS) is 15.1. The molecule has 1 fully saturated rings. The zero-order chi connectivity index (χ0) is 22.9. The number of nitrogens with zero attached hydrogens (tertiary/aromatic N) is 4. The van der Waals surface area contributed by atoms with Crippen molar-refractivity contribution < 1.29 is 9.47 Å². The van der Waals surface area contributed by atoms with Gasteiger partial charge in [0.15, 0.2) is 0 Å². The van der Waals surface area contributed by atoms with E-state index >= 15 is 0 Å². The highest BCUT2D eigenvalue weighted by Gasteiger charge is 2.18. The Kier molecular flexibility index (Phi) is 8.49. The summed E-state index contributed by atoms with van der Waals surface area (Å²) in [6.07, 6.45) is 8.63. The van der Waals surface area contributed by atoms with E-state index in [9.17, 15) is 0 Å². The number of nitrogens with one attached hydrogen (secondary N) is 1. The van der Waals surface area contributed by atoms with Crippen molar-refractivity contribution in [3.05, 3.63) is 41.5 Å². The Bertz CT molecular complexity index is 911. The molecule has 0 spiro atoms. The summed E-state index contributed by atoms with van der Waals surface area (Å²) in [5.41, 5.74) is 9.21. The van der Waals surface area contributed by atoms with Gasteiger partial charge in [-0.3, -0.25) is 0 Å². The number of hydrogen-bond donors (Lipinski definition) is 3. The Morgan fingerprint density at radius 2 is 1.94 bits per heavy atom. The molecule has 9 nitrogen and oxygen atoms in total. The van der Waals surface area contributed by atoms with Crippen LogP contribution in [0.15, 0.2) is 30.1 Å². The van der Waals surface area contributed by atoms with Crippen LogP contribution in [0, 0.1) is 0 Å². The number of hydrazine groups is 1. The van der Waals surface area contributed by atoms with Crippen molar-refractivity contribution >= 4 is 11.6 Å². The van der Waals surface area contributed by atoms with Gasteiger partial charge in [-0.2, -0.15) is 4.98 Å². The maximum atomic E-state index is 6.49. The van der Waals surface area contributed by atoms with Gasteiger partial charge in [-0.05, 0) is 51.2 Å². The van der Waals surface area contributed by atoms with Gasteiger partial charge in [-0.15, -0.1) is 0 Å². The zero-order valence-corrected chi connectivity index (χ0v) is 19.3. The Balaban J connectivity index is 1.78. The van der Waals surface area contributed by atoms with Gasteiger partial charge in [0, 0.05) is 19.3 Å². The van der Waals surface area contributed by atoms with Crippen LogP contribution < -0.4 is 26.4 Å². The number of aromatic nitrogens is 3. The number of aryl methyl sites for hydroxylation is 1. The van der Waals surface area contributed by atoms with Gasteiger partial charge < -0.3 is 25.5 Å². The van der Waals surface area contributed by atoms with Crippen LogP contribution in [0.1, 0.15) is 57.3 Å². The van der Waals surface area contributed by atoms with E-state index in [1.54, 1.807) is 19.3 Å². The molecule has 0 bridgehead atoms. The third kappa shape index (κ3) is 6.23. The third-order valence-electron chi connectivity index (χ3n) is 5.46. The summed E-state index contributed by atoms with van der Waals surface area (Å²) >= 11 is 0. The molecule has 5 N–H and O–H groups in total. The number of anilines is 1. The van der Waals surface area contributed by atoms with Gasteiger partial charge in [-0.25, -0.2) is 15.8 Å². The summed E-state index contributed by atoms with van der Waals surface area (Å²) in [5, 5.41) is 4.64. The van der Waals surface area contributed by atoms with Crippen LogP contribution in [0.3, 0.4) is 0 Å². The molecule has 1 saturated carbocycles. The fourth-order valence-corrected chi connectivity index (χ4v) is 3.74. The summed E-state index contributed by atoms with van der Waals surface area (Å²) in [7, 11) is 1.74. The Morgan fingerprint density at radius 3 is 2.62 bits per heavy atom. The van der Waals surface area contributed by atoms with Gasteiger partial charge in [0.05, 0.1) is 42.0 Å². The van der Waals surface area contributed by atoms with Gasteiger partial charge in [0.2, 0.25) is 11.8 Å². The maximum Gasteiger partial charge on any atom is 0.226 e. The van der Waals surface area contributed by atoms with Crippen LogP contribution in [0.4, 0.5) is 5.95 Å². The molecule has 1 aliphatic carbocycles. The van der Waals surface area contributed by atoms with Crippen LogP contribution in [0.25, 0.3) is 5.70 Å². The molecular formula is C23H35N7O2. The Labute approximate surface area is 190 Å². The molecule has 0 aliphatic heterocycles. The standard InChI is InChI=1S/C23H35N7O2/c1-4-17-20(32-16-9-7-6-8-10-16)12-11-18(28-17)22(24)19(30(3)25)15-27-23-26-14-13-21(29-23)31-5-2/h11-14,16H,4-10,15,24-25H2,1-3H3,(H,26,27,29)/b22-19-. The largest absolute Gasteiger partial charge is 0.489 e. The Morgan fingerprint density at radius 1 is 1.16 bits per heavy atom. The monoisotopic (exact) mass is 441 g/mol. The number of rotatable bonds is 10. The predicted molar refractivity (Wildman–Crippen MR) is 126 cm³/mol. The summed E-state index contributed by atoms with van der Waals surface area (Å²) in [4.78, 5) is 13.3. The minimum absolute atomic E-state index is 0.275. The van der Waals surface area contributed by atoms with Crippen LogP contribution in [0.2, 0.25) is 0 Å². The molecule has 2 aromatic rings. The van der Waals surface area contributed by atoms with Gasteiger partial charge in [-0.1, -0.05) is 13.3 Å². The molecule has 9 heteroatoms. The minimum Gasteiger partial charge on any atom is -0.489 e. The molecule has 0 aromatic carbocycles. The van der Waals surface area contributed by atoms with E-state index in [1.807, 2.05) is 19.1 Å². The fraction of sp³-hybridized carbons (Fsp3) is 0.522. The number of likely N-dealkylation sites (N-methyl/N-ethyl adjacent to an activating group) is 1. The van der Waals surface area contributed by atoms with Crippen molar-refractivity contribution in [2.24, 2.45) is 11.6 Å². The van der Waals surface area contributed by atoms with E-state index in [2.05, 4.69) is 22.2 Å². The summed E-state index contributed by atoms with van der Waals surface area (Å²) < 4.78 is 11.7. The molecule has 0 atom stereocenters. The average Bonchev–Trinajstić information content (AvgIpc) is 2.80. The molecule has 1 aliphatic rings.